The van der Waals surface area contributed by atoms with E-state index in [2.05, 4.69) is 13.8 Å². The minimum Gasteiger partial charge on any atom is -0.479 e. The molecule has 2 aliphatic carbocycles. The van der Waals surface area contributed by atoms with Crippen LogP contribution in [0.5, 0.6) is 0 Å². The number of rotatable bonds is 1. The molecular formula is C11H16O3. The van der Waals surface area contributed by atoms with Crippen LogP contribution in [0.4, 0.5) is 0 Å². The van der Waals surface area contributed by atoms with Crippen LogP contribution in [0.3, 0.4) is 0 Å². The van der Waals surface area contributed by atoms with Crippen LogP contribution in [-0.4, -0.2) is 23.3 Å². The molecule has 3 aliphatic rings. The molecule has 3 rings (SSSR count). The van der Waals surface area contributed by atoms with Gasteiger partial charge in [-0.1, -0.05) is 13.8 Å². The average molecular weight is 196 g/mol. The van der Waals surface area contributed by atoms with Gasteiger partial charge >= 0.3 is 5.97 Å². The van der Waals surface area contributed by atoms with Crippen molar-refractivity contribution < 1.29 is 14.6 Å². The van der Waals surface area contributed by atoms with Crippen molar-refractivity contribution in [1.82, 2.24) is 0 Å². The van der Waals surface area contributed by atoms with E-state index in [1.54, 1.807) is 0 Å². The van der Waals surface area contributed by atoms with E-state index in [0.717, 1.165) is 12.8 Å². The molecule has 0 aromatic rings. The maximum absolute atomic E-state index is 11.4. The number of ether oxygens (including phenoxy) is 1. The van der Waals surface area contributed by atoms with Crippen molar-refractivity contribution >= 4 is 5.97 Å². The van der Waals surface area contributed by atoms with Crippen molar-refractivity contribution in [3.63, 3.8) is 0 Å². The van der Waals surface area contributed by atoms with Crippen molar-refractivity contribution in [3.8, 4) is 0 Å². The summed E-state index contributed by atoms with van der Waals surface area (Å²) in [5.41, 5.74) is -0.868. The number of hydrogen-bond donors (Lipinski definition) is 1. The van der Waals surface area contributed by atoms with E-state index in [4.69, 9.17) is 4.74 Å². The summed E-state index contributed by atoms with van der Waals surface area (Å²) in [7, 11) is 0. The summed E-state index contributed by atoms with van der Waals surface area (Å²) >= 11 is 0. The van der Waals surface area contributed by atoms with Crippen LogP contribution >= 0.6 is 0 Å². The molecule has 0 spiro atoms. The lowest BCUT2D eigenvalue weighted by molar-refractivity contribution is -0.174. The molecule has 3 nitrogen and oxygen atoms in total. The Morgan fingerprint density at radius 3 is 2.64 bits per heavy atom. The second kappa shape index (κ2) is 2.01. The quantitative estimate of drug-likeness (QED) is 0.693. The highest BCUT2D eigenvalue weighted by atomic mass is 16.5. The van der Waals surface area contributed by atoms with Gasteiger partial charge in [0.05, 0.1) is 6.61 Å². The molecule has 14 heavy (non-hydrogen) atoms. The summed E-state index contributed by atoms with van der Waals surface area (Å²) in [6.45, 7) is 4.96. The van der Waals surface area contributed by atoms with Gasteiger partial charge in [0.15, 0.2) is 5.60 Å². The normalized spacial score (nSPS) is 59.4. The molecule has 2 saturated carbocycles. The summed E-state index contributed by atoms with van der Waals surface area (Å²) in [6.07, 6.45) is 2.93. The Balaban J connectivity index is 2.18. The maximum Gasteiger partial charge on any atom is 0.336 e. The number of carbonyl (C=O) groups is 1. The fraction of sp³-hybridized carbons (Fsp3) is 0.909. The maximum atomic E-state index is 11.4. The van der Waals surface area contributed by atoms with Crippen molar-refractivity contribution in [2.75, 3.05) is 6.61 Å². The van der Waals surface area contributed by atoms with Crippen LogP contribution in [-0.2, 0) is 9.53 Å². The van der Waals surface area contributed by atoms with Crippen molar-refractivity contribution in [3.05, 3.63) is 0 Å². The zero-order chi connectivity index (χ0) is 10.2. The largest absolute Gasteiger partial charge is 0.479 e. The van der Waals surface area contributed by atoms with Crippen LogP contribution < -0.4 is 0 Å². The Labute approximate surface area is 83.4 Å². The molecule has 4 bridgehead atoms. The molecule has 1 heterocycles. The zero-order valence-corrected chi connectivity index (χ0v) is 8.67. The molecule has 0 amide bonds. The fourth-order valence-electron chi connectivity index (χ4n) is 4.23. The molecular weight excluding hydrogens is 180 g/mol. The van der Waals surface area contributed by atoms with Gasteiger partial charge in [-0.3, -0.25) is 0 Å². The highest BCUT2D eigenvalue weighted by Crippen LogP contribution is 2.74. The summed E-state index contributed by atoms with van der Waals surface area (Å²) in [4.78, 5) is 11.4. The third-order valence-corrected chi connectivity index (χ3v) is 5.54. The number of carboxylic acid groups (broad SMARTS) is 1. The predicted octanol–water partition coefficient (Wildman–Crippen LogP) is 1.67. The van der Waals surface area contributed by atoms with Gasteiger partial charge in [0, 0.05) is 10.8 Å². The highest BCUT2D eigenvalue weighted by molar-refractivity contribution is 5.81. The van der Waals surface area contributed by atoms with E-state index < -0.39 is 11.6 Å². The first-order chi connectivity index (χ1) is 6.46. The second-order valence-corrected chi connectivity index (χ2v) is 5.61. The molecule has 1 N–H and O–H groups in total. The lowest BCUT2D eigenvalue weighted by Gasteiger charge is -2.37. The van der Waals surface area contributed by atoms with Crippen LogP contribution in [0.25, 0.3) is 0 Å². The molecule has 0 radical (unpaired) electrons. The first kappa shape index (κ1) is 8.72. The van der Waals surface area contributed by atoms with E-state index in [9.17, 15) is 9.90 Å². The van der Waals surface area contributed by atoms with Crippen LogP contribution in [0, 0.1) is 16.7 Å². The zero-order valence-electron chi connectivity index (χ0n) is 8.67. The van der Waals surface area contributed by atoms with Crippen LogP contribution in [0.15, 0.2) is 0 Å². The van der Waals surface area contributed by atoms with Crippen molar-refractivity contribution in [2.24, 2.45) is 16.7 Å². The van der Waals surface area contributed by atoms with E-state index in [-0.39, 0.29) is 10.8 Å². The average Bonchev–Trinajstić information content (AvgIpc) is 2.58. The molecule has 0 unspecified atom stereocenters. The van der Waals surface area contributed by atoms with Crippen molar-refractivity contribution in [1.29, 1.82) is 0 Å². The van der Waals surface area contributed by atoms with Gasteiger partial charge in [-0.25, -0.2) is 4.79 Å². The predicted molar refractivity (Wildman–Crippen MR) is 49.9 cm³/mol. The lowest BCUT2D eigenvalue weighted by atomic mass is 9.66. The van der Waals surface area contributed by atoms with Crippen LogP contribution in [0.2, 0.25) is 0 Å². The fourth-order valence-corrected chi connectivity index (χ4v) is 4.23. The minimum atomic E-state index is -0.856. The summed E-state index contributed by atoms with van der Waals surface area (Å²) in [5.74, 6) is -0.178. The van der Waals surface area contributed by atoms with Gasteiger partial charge < -0.3 is 9.84 Å². The Bertz CT molecular complexity index is 326. The molecule has 78 valence electrons. The summed E-state index contributed by atoms with van der Waals surface area (Å²) < 4.78 is 5.64. The first-order valence-corrected chi connectivity index (χ1v) is 5.34. The highest BCUT2D eigenvalue weighted by Gasteiger charge is 2.78. The van der Waals surface area contributed by atoms with E-state index in [1.165, 1.54) is 6.42 Å². The first-order valence-electron chi connectivity index (χ1n) is 5.34. The second-order valence-electron chi connectivity index (χ2n) is 5.61. The van der Waals surface area contributed by atoms with Gasteiger partial charge in [0.1, 0.15) is 0 Å². The third-order valence-electron chi connectivity index (χ3n) is 5.54. The van der Waals surface area contributed by atoms with Gasteiger partial charge in [0.25, 0.3) is 0 Å². The molecule has 4 atom stereocenters. The topological polar surface area (TPSA) is 46.5 Å². The molecule has 3 heteroatoms. The molecule has 0 aromatic heterocycles. The standard InChI is InChI=1S/C11H16O3/c1-9-6-14-11(8(12)13)5-7(9)3-4-10(9,11)2/h7H,3-6H2,1-2H3,(H,12,13)/t7-,9-,10-,11+/m1/s1. The van der Waals surface area contributed by atoms with Gasteiger partial charge in [-0.05, 0) is 25.2 Å². The van der Waals surface area contributed by atoms with Gasteiger partial charge in [0.2, 0.25) is 0 Å². The van der Waals surface area contributed by atoms with E-state index in [0.29, 0.717) is 12.5 Å². The molecule has 0 aromatic carbocycles. The third kappa shape index (κ3) is 0.553. The Kier molecular flexibility index (Phi) is 1.25. The van der Waals surface area contributed by atoms with Gasteiger partial charge in [-0.15, -0.1) is 0 Å². The van der Waals surface area contributed by atoms with Gasteiger partial charge in [-0.2, -0.15) is 0 Å². The number of aliphatic carboxylic acids is 1. The molecule has 1 saturated heterocycles. The van der Waals surface area contributed by atoms with E-state index in [1.807, 2.05) is 0 Å². The van der Waals surface area contributed by atoms with Crippen LogP contribution in [0.1, 0.15) is 33.1 Å². The summed E-state index contributed by atoms with van der Waals surface area (Å²) in [6, 6.07) is 0. The smallest absolute Gasteiger partial charge is 0.336 e. The Morgan fingerprint density at radius 1 is 1.50 bits per heavy atom. The minimum absolute atomic E-state index is 0.116. The summed E-state index contributed by atoms with van der Waals surface area (Å²) in [5, 5.41) is 9.37. The number of hydrogen-bond acceptors (Lipinski definition) is 2. The lowest BCUT2D eigenvalue weighted by Crippen LogP contribution is -2.49. The monoisotopic (exact) mass is 196 g/mol. The Hall–Kier alpha value is -0.570. The van der Waals surface area contributed by atoms with Crippen molar-refractivity contribution in [2.45, 2.75) is 38.7 Å². The Morgan fingerprint density at radius 2 is 2.21 bits per heavy atom. The molecule has 1 aliphatic heterocycles. The number of carboxylic acids is 1. The van der Waals surface area contributed by atoms with E-state index >= 15 is 0 Å². The molecule has 3 fully saturated rings. The SMILES string of the molecule is C[C@]12CC[C@@H]3C[C@@]1(C(=O)O)OC[C@]32C.